The van der Waals surface area contributed by atoms with Gasteiger partial charge in [-0.15, -0.1) is 0 Å². The topological polar surface area (TPSA) is 36.4 Å². The van der Waals surface area contributed by atoms with Gasteiger partial charge in [0.05, 0.1) is 5.69 Å². The molecule has 1 saturated heterocycles. The summed E-state index contributed by atoms with van der Waals surface area (Å²) in [5, 5.41) is 11.3. The molecule has 0 radical (unpaired) electrons. The number of aromatic nitrogens is 1. The molecule has 1 aliphatic heterocycles. The minimum Gasteiger partial charge on any atom is -0.383 e. The molecule has 4 rings (SSSR count). The first kappa shape index (κ1) is 15.3. The van der Waals surface area contributed by atoms with Gasteiger partial charge >= 0.3 is 0 Å². The largest absolute Gasteiger partial charge is 0.383 e. The second kappa shape index (κ2) is 6.03. The summed E-state index contributed by atoms with van der Waals surface area (Å²) >= 11 is 0. The molecule has 1 N–H and O–H groups in total. The summed E-state index contributed by atoms with van der Waals surface area (Å²) in [7, 11) is 0. The first-order chi connectivity index (χ1) is 11.1. The number of allylic oxidation sites excluding steroid dienone is 2. The van der Waals surface area contributed by atoms with Gasteiger partial charge in [-0.3, -0.25) is 4.98 Å². The summed E-state index contributed by atoms with van der Waals surface area (Å²) in [5.41, 5.74) is 1.34. The zero-order valence-electron chi connectivity index (χ0n) is 14.1. The maximum Gasteiger partial charge on any atom is 0.111 e. The predicted molar refractivity (Wildman–Crippen MR) is 92.0 cm³/mol. The van der Waals surface area contributed by atoms with Crippen LogP contribution in [0.25, 0.3) is 0 Å². The first-order valence-electron chi connectivity index (χ1n) is 9.18. The van der Waals surface area contributed by atoms with Crippen molar-refractivity contribution in [3.63, 3.8) is 0 Å². The monoisotopic (exact) mass is 312 g/mol. The van der Waals surface area contributed by atoms with Crippen LogP contribution in [0.1, 0.15) is 43.4 Å². The normalized spacial score (nSPS) is 37.2. The van der Waals surface area contributed by atoms with Gasteiger partial charge in [0, 0.05) is 31.7 Å². The van der Waals surface area contributed by atoms with Crippen LogP contribution < -0.4 is 0 Å². The SMILES string of the molecule is Cc1ccc([C@]2(O)CC[C@H]3CN(CC4CC=CCC4)C[C@H]32)nc1. The van der Waals surface area contributed by atoms with Gasteiger partial charge in [0.25, 0.3) is 0 Å². The van der Waals surface area contributed by atoms with Crippen LogP contribution in [0, 0.1) is 24.7 Å². The lowest BCUT2D eigenvalue weighted by Gasteiger charge is -2.31. The molecule has 124 valence electrons. The predicted octanol–water partition coefficient (Wildman–Crippen LogP) is 3.28. The highest BCUT2D eigenvalue weighted by Gasteiger charge is 2.53. The number of hydrogen-bond acceptors (Lipinski definition) is 3. The van der Waals surface area contributed by atoms with E-state index in [0.717, 1.165) is 36.6 Å². The number of fused-ring (bicyclic) bond motifs is 1. The molecule has 23 heavy (non-hydrogen) atoms. The van der Waals surface area contributed by atoms with E-state index in [-0.39, 0.29) is 0 Å². The third-order valence-electron chi connectivity index (χ3n) is 6.28. The standard InChI is InChI=1S/C20H28N2O/c1-15-7-8-19(21-11-15)20(23)10-9-17-13-22(14-18(17)20)12-16-5-3-2-4-6-16/h2-3,7-8,11,16-18,23H,4-6,9-10,12-14H2,1H3/t16?,17-,18+,20-/m0/s1. The number of aryl methyl sites for hydroxylation is 1. The van der Waals surface area contributed by atoms with E-state index in [0.29, 0.717) is 11.8 Å². The number of likely N-dealkylation sites (tertiary alicyclic amines) is 1. The molecule has 0 spiro atoms. The Morgan fingerprint density at radius 1 is 1.26 bits per heavy atom. The summed E-state index contributed by atoms with van der Waals surface area (Å²) in [6.07, 6.45) is 12.4. The third kappa shape index (κ3) is 2.85. The molecule has 4 atom stereocenters. The van der Waals surface area contributed by atoms with Crippen molar-refractivity contribution < 1.29 is 5.11 Å². The van der Waals surface area contributed by atoms with Crippen molar-refractivity contribution in [1.82, 2.24) is 9.88 Å². The van der Waals surface area contributed by atoms with Crippen LogP contribution in [0.5, 0.6) is 0 Å². The van der Waals surface area contributed by atoms with Crippen molar-refractivity contribution >= 4 is 0 Å². The Balaban J connectivity index is 1.46. The third-order valence-corrected chi connectivity index (χ3v) is 6.28. The number of aliphatic hydroxyl groups is 1. The second-order valence-electron chi connectivity index (χ2n) is 7.92. The quantitative estimate of drug-likeness (QED) is 0.870. The molecule has 2 heterocycles. The van der Waals surface area contributed by atoms with Crippen LogP contribution in [0.15, 0.2) is 30.5 Å². The average molecular weight is 312 g/mol. The molecular formula is C20H28N2O. The van der Waals surface area contributed by atoms with Crippen LogP contribution in [-0.4, -0.2) is 34.6 Å². The van der Waals surface area contributed by atoms with Crippen molar-refractivity contribution in [1.29, 1.82) is 0 Å². The first-order valence-corrected chi connectivity index (χ1v) is 9.18. The summed E-state index contributed by atoms with van der Waals surface area (Å²) in [6, 6.07) is 4.11. The lowest BCUT2D eigenvalue weighted by Crippen LogP contribution is -2.36. The Kier molecular flexibility index (Phi) is 4.02. The van der Waals surface area contributed by atoms with Crippen LogP contribution in [0.4, 0.5) is 0 Å². The van der Waals surface area contributed by atoms with E-state index in [1.54, 1.807) is 0 Å². The highest BCUT2D eigenvalue weighted by molar-refractivity contribution is 5.22. The molecule has 0 bridgehead atoms. The number of pyridine rings is 1. The van der Waals surface area contributed by atoms with Gasteiger partial charge in [-0.05, 0) is 62.5 Å². The molecule has 1 unspecified atom stereocenters. The molecule has 3 heteroatoms. The zero-order valence-corrected chi connectivity index (χ0v) is 14.1. The van der Waals surface area contributed by atoms with Gasteiger partial charge < -0.3 is 10.0 Å². The zero-order chi connectivity index (χ0) is 15.9. The Labute approximate surface area is 139 Å². The number of rotatable bonds is 3. The van der Waals surface area contributed by atoms with E-state index < -0.39 is 5.60 Å². The van der Waals surface area contributed by atoms with Crippen molar-refractivity contribution in [2.75, 3.05) is 19.6 Å². The van der Waals surface area contributed by atoms with Gasteiger partial charge in [-0.2, -0.15) is 0 Å². The molecular weight excluding hydrogens is 284 g/mol. The molecule has 0 aromatic carbocycles. The summed E-state index contributed by atoms with van der Waals surface area (Å²) in [6.45, 7) is 5.46. The van der Waals surface area contributed by atoms with Crippen molar-refractivity contribution in [2.24, 2.45) is 17.8 Å². The molecule has 3 aliphatic rings. The Hall–Kier alpha value is -1.19. The van der Waals surface area contributed by atoms with E-state index in [1.165, 1.54) is 32.4 Å². The Morgan fingerprint density at radius 2 is 2.17 bits per heavy atom. The van der Waals surface area contributed by atoms with E-state index in [9.17, 15) is 5.11 Å². The van der Waals surface area contributed by atoms with Crippen LogP contribution >= 0.6 is 0 Å². The summed E-state index contributed by atoms with van der Waals surface area (Å²) in [5.74, 6) is 1.81. The molecule has 1 aromatic rings. The van der Waals surface area contributed by atoms with Gasteiger partial charge in [0.1, 0.15) is 5.60 Å². The Morgan fingerprint density at radius 3 is 2.91 bits per heavy atom. The molecule has 0 amide bonds. The minimum atomic E-state index is -0.709. The Bertz CT molecular complexity index is 582. The van der Waals surface area contributed by atoms with Crippen LogP contribution in [-0.2, 0) is 5.60 Å². The second-order valence-corrected chi connectivity index (χ2v) is 7.92. The molecule has 1 aromatic heterocycles. The molecule has 3 nitrogen and oxygen atoms in total. The van der Waals surface area contributed by atoms with Gasteiger partial charge in [0.15, 0.2) is 0 Å². The molecule has 2 aliphatic carbocycles. The van der Waals surface area contributed by atoms with Crippen molar-refractivity contribution in [2.45, 2.75) is 44.6 Å². The summed E-state index contributed by atoms with van der Waals surface area (Å²) < 4.78 is 0. The molecule has 1 saturated carbocycles. The van der Waals surface area contributed by atoms with Gasteiger partial charge in [-0.25, -0.2) is 0 Å². The van der Waals surface area contributed by atoms with Crippen molar-refractivity contribution in [3.05, 3.63) is 41.7 Å². The lowest BCUT2D eigenvalue weighted by molar-refractivity contribution is -0.0111. The lowest BCUT2D eigenvalue weighted by atomic mass is 9.85. The van der Waals surface area contributed by atoms with E-state index in [2.05, 4.69) is 28.1 Å². The maximum absolute atomic E-state index is 11.3. The fourth-order valence-electron chi connectivity index (χ4n) is 4.96. The van der Waals surface area contributed by atoms with Crippen LogP contribution in [0.2, 0.25) is 0 Å². The molecule has 2 fully saturated rings. The fraction of sp³-hybridized carbons (Fsp3) is 0.650. The van der Waals surface area contributed by atoms with E-state index in [1.807, 2.05) is 19.2 Å². The minimum absolute atomic E-state index is 0.358. The van der Waals surface area contributed by atoms with Crippen LogP contribution in [0.3, 0.4) is 0 Å². The number of nitrogens with zero attached hydrogens (tertiary/aromatic N) is 2. The van der Waals surface area contributed by atoms with Gasteiger partial charge in [0.2, 0.25) is 0 Å². The summed E-state index contributed by atoms with van der Waals surface area (Å²) in [4.78, 5) is 7.16. The number of hydrogen-bond donors (Lipinski definition) is 1. The highest BCUT2D eigenvalue weighted by Crippen LogP contribution is 2.50. The fourth-order valence-corrected chi connectivity index (χ4v) is 4.96. The van der Waals surface area contributed by atoms with Gasteiger partial charge in [-0.1, -0.05) is 18.2 Å². The average Bonchev–Trinajstić information content (AvgIpc) is 3.10. The van der Waals surface area contributed by atoms with Crippen molar-refractivity contribution in [3.8, 4) is 0 Å². The highest BCUT2D eigenvalue weighted by atomic mass is 16.3. The smallest absolute Gasteiger partial charge is 0.111 e. The van der Waals surface area contributed by atoms with E-state index in [4.69, 9.17) is 0 Å². The van der Waals surface area contributed by atoms with E-state index >= 15 is 0 Å². The maximum atomic E-state index is 11.3.